The summed E-state index contributed by atoms with van der Waals surface area (Å²) in [7, 11) is 3.01. The lowest BCUT2D eigenvalue weighted by Gasteiger charge is -2.45. The molecular weight excluding hydrogens is 548 g/mol. The summed E-state index contributed by atoms with van der Waals surface area (Å²) in [5, 5.41) is 2.66. The Morgan fingerprint density at radius 2 is 1.35 bits per heavy atom. The molecule has 3 aromatic carbocycles. The number of carbonyl (C=O) groups is 4. The molecule has 1 aliphatic heterocycles. The molecule has 1 saturated heterocycles. The Bertz CT molecular complexity index is 1470. The van der Waals surface area contributed by atoms with Gasteiger partial charge in [-0.05, 0) is 47.2 Å². The zero-order chi connectivity index (χ0) is 30.1. The largest absolute Gasteiger partial charge is 0.497 e. The molecule has 0 radical (unpaired) electrons. The maximum absolute atomic E-state index is 13.7. The minimum absolute atomic E-state index is 0.0907. The second-order valence-corrected chi connectivity index (χ2v) is 11.2. The average molecular weight is 583 g/mol. The summed E-state index contributed by atoms with van der Waals surface area (Å²) in [6.45, 7) is -0.0948. The van der Waals surface area contributed by atoms with E-state index in [1.165, 1.54) is 19.1 Å². The van der Waals surface area contributed by atoms with Crippen LogP contribution in [0.15, 0.2) is 66.7 Å². The molecule has 1 N–H and O–H groups in total. The first-order valence-electron chi connectivity index (χ1n) is 14.6. The van der Waals surface area contributed by atoms with E-state index in [4.69, 9.17) is 14.2 Å². The van der Waals surface area contributed by atoms with Crippen LogP contribution in [0.25, 0.3) is 0 Å². The molecule has 1 heterocycles. The fourth-order valence-electron chi connectivity index (χ4n) is 6.99. The molecule has 222 valence electrons. The van der Waals surface area contributed by atoms with Crippen LogP contribution in [0.1, 0.15) is 59.8 Å². The highest BCUT2D eigenvalue weighted by Crippen LogP contribution is 2.60. The number of benzene rings is 3. The van der Waals surface area contributed by atoms with Crippen LogP contribution in [0.3, 0.4) is 0 Å². The number of methoxy groups -OCH3 is 2. The smallest absolute Gasteiger partial charge is 0.306 e. The standard InChI is InChI=1S/C34H34N2O7/c1-41-20-15-16-26(42-2)25(18-20)35-27(37)19-43-28(38)14-4-3-9-17-36-33(39)31-29-21-10-5-6-11-22(21)30(32(31)34(36)40)24-13-8-7-12-23(24)29/h5-8,10-13,15-16,18,29-32H,3-4,9,14,17,19H2,1-2H3,(H,35,37)/t29?,30?,31-,32-/m0/s1. The minimum Gasteiger partial charge on any atom is -0.497 e. The number of anilines is 1. The van der Waals surface area contributed by atoms with Crippen LogP contribution in [0.4, 0.5) is 5.69 Å². The topological polar surface area (TPSA) is 111 Å². The van der Waals surface area contributed by atoms with E-state index < -0.39 is 18.5 Å². The summed E-state index contributed by atoms with van der Waals surface area (Å²) in [5.41, 5.74) is 5.04. The summed E-state index contributed by atoms with van der Waals surface area (Å²) < 4.78 is 15.6. The number of nitrogens with zero attached hydrogens (tertiary/aromatic N) is 1. The Labute approximate surface area is 250 Å². The quantitative estimate of drug-likeness (QED) is 0.199. The predicted molar refractivity (Wildman–Crippen MR) is 158 cm³/mol. The molecule has 3 amide bonds. The molecule has 3 aromatic rings. The molecule has 7 rings (SSSR count). The lowest BCUT2D eigenvalue weighted by molar-refractivity contribution is -0.147. The summed E-state index contributed by atoms with van der Waals surface area (Å²) in [6, 6.07) is 21.4. The van der Waals surface area contributed by atoms with Gasteiger partial charge in [0, 0.05) is 30.9 Å². The fraction of sp³-hybridized carbons (Fsp3) is 0.353. The van der Waals surface area contributed by atoms with Crippen molar-refractivity contribution >= 4 is 29.4 Å². The summed E-state index contributed by atoms with van der Waals surface area (Å²) in [4.78, 5) is 53.3. The van der Waals surface area contributed by atoms with E-state index in [1.54, 1.807) is 18.2 Å². The number of likely N-dealkylation sites (tertiary alicyclic amines) is 1. The van der Waals surface area contributed by atoms with Gasteiger partial charge in [-0.3, -0.25) is 24.1 Å². The average Bonchev–Trinajstić information content (AvgIpc) is 3.29. The van der Waals surface area contributed by atoms with Crippen LogP contribution < -0.4 is 14.8 Å². The molecule has 43 heavy (non-hydrogen) atoms. The Morgan fingerprint density at radius 3 is 1.88 bits per heavy atom. The van der Waals surface area contributed by atoms with Gasteiger partial charge in [-0.25, -0.2) is 0 Å². The van der Waals surface area contributed by atoms with Crippen LogP contribution in [0, 0.1) is 11.8 Å². The van der Waals surface area contributed by atoms with Crippen molar-refractivity contribution < 1.29 is 33.4 Å². The first-order valence-corrected chi connectivity index (χ1v) is 14.6. The second-order valence-electron chi connectivity index (χ2n) is 11.2. The van der Waals surface area contributed by atoms with E-state index in [-0.39, 0.29) is 41.9 Å². The number of esters is 1. The molecule has 0 unspecified atom stereocenters. The van der Waals surface area contributed by atoms with Gasteiger partial charge in [0.25, 0.3) is 5.91 Å². The Morgan fingerprint density at radius 1 is 0.767 bits per heavy atom. The highest BCUT2D eigenvalue weighted by Gasteiger charge is 2.61. The molecule has 0 spiro atoms. The molecular formula is C34H34N2O7. The van der Waals surface area contributed by atoms with Gasteiger partial charge in [-0.1, -0.05) is 55.0 Å². The zero-order valence-corrected chi connectivity index (χ0v) is 24.2. The maximum Gasteiger partial charge on any atom is 0.306 e. The lowest BCUT2D eigenvalue weighted by Crippen LogP contribution is -2.41. The molecule has 9 heteroatoms. The number of nitrogens with one attached hydrogen (secondary N) is 1. The van der Waals surface area contributed by atoms with Crippen LogP contribution >= 0.6 is 0 Å². The highest BCUT2D eigenvalue weighted by atomic mass is 16.5. The Balaban J connectivity index is 0.987. The lowest BCUT2D eigenvalue weighted by atomic mass is 9.55. The number of imide groups is 1. The molecule has 0 aromatic heterocycles. The van der Waals surface area contributed by atoms with Crippen LogP contribution in [-0.2, 0) is 23.9 Å². The van der Waals surface area contributed by atoms with E-state index in [9.17, 15) is 19.2 Å². The number of hydrogen-bond donors (Lipinski definition) is 1. The zero-order valence-electron chi connectivity index (χ0n) is 24.2. The third-order valence-electron chi connectivity index (χ3n) is 8.85. The summed E-state index contributed by atoms with van der Waals surface area (Å²) in [5.74, 6) is -1.13. The number of rotatable bonds is 11. The molecule has 4 aliphatic rings. The van der Waals surface area contributed by atoms with Gasteiger partial charge in [0.2, 0.25) is 11.8 Å². The van der Waals surface area contributed by atoms with Crippen molar-refractivity contribution in [2.24, 2.45) is 11.8 Å². The number of carbonyl (C=O) groups excluding carboxylic acids is 4. The van der Waals surface area contributed by atoms with Crippen molar-refractivity contribution in [3.8, 4) is 11.5 Å². The van der Waals surface area contributed by atoms with Crippen molar-refractivity contribution in [2.75, 3.05) is 32.7 Å². The Hall–Kier alpha value is -4.66. The van der Waals surface area contributed by atoms with Crippen molar-refractivity contribution in [3.05, 3.63) is 89.0 Å². The first-order chi connectivity index (χ1) is 20.9. The first kappa shape index (κ1) is 28.5. The van der Waals surface area contributed by atoms with Gasteiger partial charge in [-0.15, -0.1) is 0 Å². The third-order valence-corrected chi connectivity index (χ3v) is 8.85. The number of ether oxygens (including phenoxy) is 3. The summed E-state index contributed by atoms with van der Waals surface area (Å²) in [6.07, 6.45) is 1.89. The second kappa shape index (κ2) is 11.9. The molecule has 3 aliphatic carbocycles. The maximum atomic E-state index is 13.7. The van der Waals surface area contributed by atoms with E-state index >= 15 is 0 Å². The van der Waals surface area contributed by atoms with Crippen LogP contribution in [0.5, 0.6) is 11.5 Å². The van der Waals surface area contributed by atoms with E-state index in [0.717, 1.165) is 22.3 Å². The van der Waals surface area contributed by atoms with Crippen LogP contribution in [0.2, 0.25) is 0 Å². The Kier molecular flexibility index (Phi) is 7.88. The molecule has 1 fully saturated rings. The SMILES string of the molecule is COc1ccc(OC)c(NC(=O)COC(=O)CCCCCN2C(=O)[C@H]3C4c5ccccc5C(c5ccccc54)[C@@H]3C2=O)c1. The van der Waals surface area contributed by atoms with E-state index in [2.05, 4.69) is 29.6 Å². The fourth-order valence-corrected chi connectivity index (χ4v) is 6.99. The molecule has 2 atom stereocenters. The minimum atomic E-state index is -0.495. The van der Waals surface area contributed by atoms with Crippen molar-refractivity contribution in [1.82, 2.24) is 4.90 Å². The van der Waals surface area contributed by atoms with Gasteiger partial charge in [0.05, 0.1) is 31.7 Å². The van der Waals surface area contributed by atoms with Gasteiger partial charge in [0.1, 0.15) is 11.5 Å². The number of amides is 3. The molecule has 0 saturated carbocycles. The van der Waals surface area contributed by atoms with Gasteiger partial charge < -0.3 is 19.5 Å². The number of hydrogen-bond acceptors (Lipinski definition) is 7. The van der Waals surface area contributed by atoms with Crippen LogP contribution in [-0.4, -0.2) is 56.0 Å². The van der Waals surface area contributed by atoms with Crippen molar-refractivity contribution in [3.63, 3.8) is 0 Å². The summed E-state index contributed by atoms with van der Waals surface area (Å²) >= 11 is 0. The van der Waals surface area contributed by atoms with E-state index in [0.29, 0.717) is 43.0 Å². The van der Waals surface area contributed by atoms with Crippen molar-refractivity contribution in [2.45, 2.75) is 37.5 Å². The molecule has 2 bridgehead atoms. The normalized spacial score (nSPS) is 21.1. The number of unbranched alkanes of at least 4 members (excludes halogenated alkanes) is 2. The van der Waals surface area contributed by atoms with Gasteiger partial charge in [0.15, 0.2) is 6.61 Å². The monoisotopic (exact) mass is 582 g/mol. The molecule has 9 nitrogen and oxygen atoms in total. The highest BCUT2D eigenvalue weighted by molar-refractivity contribution is 6.07. The van der Waals surface area contributed by atoms with Gasteiger partial charge in [-0.2, -0.15) is 0 Å². The van der Waals surface area contributed by atoms with Gasteiger partial charge >= 0.3 is 5.97 Å². The van der Waals surface area contributed by atoms with E-state index in [1.807, 2.05) is 24.3 Å². The third kappa shape index (κ3) is 5.13. The van der Waals surface area contributed by atoms with Crippen molar-refractivity contribution in [1.29, 1.82) is 0 Å². The predicted octanol–water partition coefficient (Wildman–Crippen LogP) is 4.64.